The van der Waals surface area contributed by atoms with Crippen molar-refractivity contribution < 1.29 is 18.4 Å². The van der Waals surface area contributed by atoms with Crippen molar-refractivity contribution in [3.63, 3.8) is 0 Å². The van der Waals surface area contributed by atoms with Gasteiger partial charge in [0.25, 0.3) is 16.8 Å². The molecule has 32 heavy (non-hydrogen) atoms. The lowest BCUT2D eigenvalue weighted by atomic mass is 10.1. The Balaban J connectivity index is 1.66. The van der Waals surface area contributed by atoms with Crippen LogP contribution in [0.2, 0.25) is 0 Å². The molecule has 1 aromatic heterocycles. The molecule has 1 aliphatic heterocycles. The number of halogens is 1. The van der Waals surface area contributed by atoms with Gasteiger partial charge in [-0.05, 0) is 37.1 Å². The number of nitrogens with zero attached hydrogens (tertiary/aromatic N) is 1. The maximum absolute atomic E-state index is 14.7. The van der Waals surface area contributed by atoms with E-state index in [0.717, 1.165) is 6.07 Å². The van der Waals surface area contributed by atoms with Crippen LogP contribution in [0.15, 0.2) is 38.3 Å². The Morgan fingerprint density at radius 3 is 2.50 bits per heavy atom. The normalized spacial score (nSPS) is 14.0. The van der Waals surface area contributed by atoms with E-state index in [1.807, 2.05) is 6.92 Å². The summed E-state index contributed by atoms with van der Waals surface area (Å²) in [7, 11) is 0. The lowest BCUT2D eigenvalue weighted by molar-refractivity contribution is -0.118. The van der Waals surface area contributed by atoms with Gasteiger partial charge in [0, 0.05) is 6.54 Å². The molecule has 10 heteroatoms. The van der Waals surface area contributed by atoms with Crippen LogP contribution < -0.4 is 27.2 Å². The molecule has 3 aromatic rings. The minimum Gasteiger partial charge on any atom is -0.464 e. The van der Waals surface area contributed by atoms with Crippen LogP contribution in [0.25, 0.3) is 0 Å². The quantitative estimate of drug-likeness (QED) is 0.457. The number of amides is 2. The summed E-state index contributed by atoms with van der Waals surface area (Å²) in [5.41, 5.74) is 3.72. The van der Waals surface area contributed by atoms with E-state index in [2.05, 4.69) is 10.6 Å². The average Bonchev–Trinajstić information content (AvgIpc) is 3.31. The van der Waals surface area contributed by atoms with E-state index in [0.29, 0.717) is 23.5 Å². The summed E-state index contributed by atoms with van der Waals surface area (Å²) < 4.78 is 20.3. The van der Waals surface area contributed by atoms with Crippen molar-refractivity contribution in [2.45, 2.75) is 32.9 Å². The Kier molecular flexibility index (Phi) is 5.29. The number of benzene rings is 1. The van der Waals surface area contributed by atoms with Gasteiger partial charge in [-0.15, -0.1) is 0 Å². The molecule has 2 heterocycles. The zero-order chi connectivity index (χ0) is 23.2. The topological polar surface area (TPSA) is 135 Å². The second-order valence-electron chi connectivity index (χ2n) is 7.67. The number of carbonyl (C=O) groups is 2. The van der Waals surface area contributed by atoms with Crippen molar-refractivity contribution in [1.29, 1.82) is 0 Å². The van der Waals surface area contributed by atoms with Crippen LogP contribution in [0, 0.1) is 12.7 Å². The number of rotatable bonds is 8. The fraction of sp³-hybridized carbons (Fsp3) is 0.273. The van der Waals surface area contributed by atoms with E-state index in [9.17, 15) is 23.6 Å². The minimum absolute atomic E-state index is 0.000972. The molecule has 1 aliphatic rings. The first-order chi connectivity index (χ1) is 15.2. The number of nitrogens with one attached hydrogen (secondary N) is 2. The largest absolute Gasteiger partial charge is 0.464 e. The van der Waals surface area contributed by atoms with Crippen LogP contribution in [0.3, 0.4) is 0 Å². The molecule has 4 N–H and O–H groups in total. The second-order valence-corrected chi connectivity index (χ2v) is 7.67. The number of fused-ring (bicyclic) bond motifs is 1. The van der Waals surface area contributed by atoms with E-state index >= 15 is 0 Å². The van der Waals surface area contributed by atoms with Gasteiger partial charge < -0.3 is 25.7 Å². The summed E-state index contributed by atoms with van der Waals surface area (Å²) in [4.78, 5) is 49.7. The number of hydrogen-bond acceptors (Lipinski definition) is 7. The molecular weight excluding hydrogens is 419 g/mol. The van der Waals surface area contributed by atoms with Crippen LogP contribution in [0.4, 0.5) is 21.5 Å². The van der Waals surface area contributed by atoms with E-state index in [-0.39, 0.29) is 41.8 Å². The van der Waals surface area contributed by atoms with Crippen LogP contribution in [-0.4, -0.2) is 23.3 Å². The summed E-state index contributed by atoms with van der Waals surface area (Å²) >= 11 is 0. The third kappa shape index (κ3) is 3.53. The number of anilines is 3. The monoisotopic (exact) mass is 440 g/mol. The molecule has 0 fully saturated rings. The molecule has 2 aromatic carbocycles. The van der Waals surface area contributed by atoms with Gasteiger partial charge in [0.2, 0.25) is 5.91 Å². The highest BCUT2D eigenvalue weighted by atomic mass is 19.1. The van der Waals surface area contributed by atoms with Gasteiger partial charge in [-0.25, -0.2) is 4.39 Å². The number of nitrogens with two attached hydrogens (primary N) is 1. The maximum atomic E-state index is 14.7. The number of hydrogen-bond donors (Lipinski definition) is 3. The standard InChI is InChI=1S/C22H21FN4O5/c1-3-13(14-7-4-10(2)32-14)25-18-19(21(30)20(18)29)26-17-12(23)6-5-11-8-27(9-15(24)28)22(31)16(11)17/h4-7,13,25-26H,3,8-9H2,1-2H3,(H2,24,28). The second kappa shape index (κ2) is 7.95. The third-order valence-electron chi connectivity index (χ3n) is 5.44. The first-order valence-electron chi connectivity index (χ1n) is 10.0. The van der Waals surface area contributed by atoms with Gasteiger partial charge in [-0.1, -0.05) is 13.0 Å². The van der Waals surface area contributed by atoms with E-state index in [1.165, 1.54) is 11.0 Å². The maximum Gasteiger partial charge on any atom is 0.257 e. The van der Waals surface area contributed by atoms with Crippen molar-refractivity contribution in [1.82, 2.24) is 4.90 Å². The number of carbonyl (C=O) groups excluding carboxylic acids is 2. The van der Waals surface area contributed by atoms with Gasteiger partial charge in [0.15, 0.2) is 0 Å². The van der Waals surface area contributed by atoms with Crippen LogP contribution in [0.1, 0.15) is 46.8 Å². The summed E-state index contributed by atoms with van der Waals surface area (Å²) in [6.07, 6.45) is 0.556. The van der Waals surface area contributed by atoms with Gasteiger partial charge in [0.1, 0.15) is 28.7 Å². The highest BCUT2D eigenvalue weighted by molar-refractivity contribution is 6.05. The summed E-state index contributed by atoms with van der Waals surface area (Å²) in [5, 5.41) is 5.64. The van der Waals surface area contributed by atoms with Crippen molar-refractivity contribution >= 4 is 28.9 Å². The molecule has 166 valence electrons. The van der Waals surface area contributed by atoms with Crippen LogP contribution in [-0.2, 0) is 11.3 Å². The van der Waals surface area contributed by atoms with Crippen molar-refractivity contribution in [2.24, 2.45) is 5.73 Å². The smallest absolute Gasteiger partial charge is 0.257 e. The summed E-state index contributed by atoms with van der Waals surface area (Å²) in [6, 6.07) is 5.76. The molecule has 1 atom stereocenters. The predicted molar refractivity (Wildman–Crippen MR) is 115 cm³/mol. The summed E-state index contributed by atoms with van der Waals surface area (Å²) in [5.74, 6) is -0.774. The molecule has 0 saturated carbocycles. The Hall–Kier alpha value is -3.95. The molecule has 2 amide bonds. The molecule has 0 saturated heterocycles. The molecule has 4 rings (SSSR count). The lowest BCUT2D eigenvalue weighted by Crippen LogP contribution is -2.37. The first kappa shape index (κ1) is 21.3. The molecule has 9 nitrogen and oxygen atoms in total. The van der Waals surface area contributed by atoms with Gasteiger partial charge in [0.05, 0.1) is 23.8 Å². The Labute approximate surface area is 181 Å². The molecular formula is C22H21FN4O5. The SMILES string of the molecule is CCC(Nc1c(Nc2c(F)ccc3c2C(=O)N(CC(N)=O)C3)c(=O)c1=O)c1ccc(C)o1. The molecule has 0 bridgehead atoms. The van der Waals surface area contributed by atoms with Crippen molar-refractivity contribution in [2.75, 3.05) is 17.2 Å². The van der Waals surface area contributed by atoms with E-state index in [4.69, 9.17) is 10.2 Å². The van der Waals surface area contributed by atoms with Crippen LogP contribution >= 0.6 is 0 Å². The van der Waals surface area contributed by atoms with Crippen molar-refractivity contribution in [3.8, 4) is 0 Å². The van der Waals surface area contributed by atoms with Gasteiger partial charge in [-0.3, -0.25) is 19.2 Å². The lowest BCUT2D eigenvalue weighted by Gasteiger charge is -2.21. The highest BCUT2D eigenvalue weighted by Crippen LogP contribution is 2.35. The number of aryl methyl sites for hydroxylation is 1. The Bertz CT molecular complexity index is 1300. The molecule has 0 spiro atoms. The Morgan fingerprint density at radius 1 is 1.16 bits per heavy atom. The van der Waals surface area contributed by atoms with Crippen molar-refractivity contribution in [3.05, 3.63) is 73.2 Å². The zero-order valence-corrected chi connectivity index (χ0v) is 17.5. The average molecular weight is 440 g/mol. The molecule has 1 unspecified atom stereocenters. The fourth-order valence-corrected chi connectivity index (χ4v) is 3.83. The van der Waals surface area contributed by atoms with Gasteiger partial charge >= 0.3 is 0 Å². The minimum atomic E-state index is -0.825. The first-order valence-corrected chi connectivity index (χ1v) is 10.0. The van der Waals surface area contributed by atoms with E-state index in [1.54, 1.807) is 19.1 Å². The van der Waals surface area contributed by atoms with Crippen LogP contribution in [0.5, 0.6) is 0 Å². The number of furan rings is 1. The fourth-order valence-electron chi connectivity index (χ4n) is 3.83. The highest BCUT2D eigenvalue weighted by Gasteiger charge is 2.34. The molecule has 0 aliphatic carbocycles. The Morgan fingerprint density at radius 2 is 1.88 bits per heavy atom. The predicted octanol–water partition coefficient (Wildman–Crippen LogP) is 2.07. The molecule has 0 radical (unpaired) electrons. The summed E-state index contributed by atoms with van der Waals surface area (Å²) in [6.45, 7) is 3.43. The zero-order valence-electron chi connectivity index (χ0n) is 17.5. The van der Waals surface area contributed by atoms with Gasteiger partial charge in [-0.2, -0.15) is 0 Å². The van der Waals surface area contributed by atoms with E-state index < -0.39 is 28.5 Å². The number of primary amides is 1. The third-order valence-corrected chi connectivity index (χ3v) is 5.44.